The van der Waals surface area contributed by atoms with Crippen molar-refractivity contribution >= 4 is 17.0 Å². The molecule has 1 rings (SSSR count). The zero-order valence-corrected chi connectivity index (χ0v) is 12.0. The lowest BCUT2D eigenvalue weighted by atomic mass is 10.2. The zero-order chi connectivity index (χ0) is 15.0. The van der Waals surface area contributed by atoms with Gasteiger partial charge in [0, 0.05) is 26.7 Å². The van der Waals surface area contributed by atoms with Gasteiger partial charge in [-0.15, -0.1) is 0 Å². The molecule has 1 atom stereocenters. The molecule has 7 nitrogen and oxygen atoms in total. The Morgan fingerprint density at radius 3 is 2.37 bits per heavy atom. The van der Waals surface area contributed by atoms with Crippen LogP contribution in [0.3, 0.4) is 0 Å². The Balaban J connectivity index is 0.000000982. The van der Waals surface area contributed by atoms with Crippen molar-refractivity contribution in [3.05, 3.63) is 23.8 Å². The highest BCUT2D eigenvalue weighted by molar-refractivity contribution is 7.79. The van der Waals surface area contributed by atoms with Crippen LogP contribution in [0, 0.1) is 0 Å². The number of ether oxygens (including phenoxy) is 1. The van der Waals surface area contributed by atoms with Gasteiger partial charge in [0.25, 0.3) is 5.91 Å². The number of hydrogen-bond donors (Lipinski definition) is 2. The van der Waals surface area contributed by atoms with Gasteiger partial charge in [-0.1, -0.05) is 0 Å². The third-order valence-electron chi connectivity index (χ3n) is 2.00. The van der Waals surface area contributed by atoms with Gasteiger partial charge in [0.1, 0.15) is 5.75 Å². The Kier molecular flexibility index (Phi) is 7.92. The summed E-state index contributed by atoms with van der Waals surface area (Å²) in [5, 5.41) is 7.32. The third-order valence-corrected chi connectivity index (χ3v) is 2.67. The molecule has 0 saturated heterocycles. The molecule has 19 heavy (non-hydrogen) atoms. The first-order valence-electron chi connectivity index (χ1n) is 5.18. The summed E-state index contributed by atoms with van der Waals surface area (Å²) in [4.78, 5) is 13.0. The molecule has 1 unspecified atom stereocenters. The molecule has 8 heteroatoms. The van der Waals surface area contributed by atoms with E-state index in [1.807, 2.05) is 0 Å². The van der Waals surface area contributed by atoms with Crippen LogP contribution >= 0.6 is 0 Å². The second-order valence-corrected chi connectivity index (χ2v) is 4.43. The van der Waals surface area contributed by atoms with Crippen molar-refractivity contribution in [1.82, 2.24) is 10.4 Å². The summed E-state index contributed by atoms with van der Waals surface area (Å²) in [6.45, 7) is 0. The van der Waals surface area contributed by atoms with Crippen molar-refractivity contribution in [2.24, 2.45) is 0 Å². The highest BCUT2D eigenvalue weighted by Gasteiger charge is 2.11. The van der Waals surface area contributed by atoms with Crippen molar-refractivity contribution in [1.29, 1.82) is 0 Å². The van der Waals surface area contributed by atoms with Crippen molar-refractivity contribution in [2.45, 2.75) is 4.90 Å². The minimum absolute atomic E-state index is 0.0183. The number of hydroxylamine groups is 1. The summed E-state index contributed by atoms with van der Waals surface area (Å²) in [6, 6.07) is 4.28. The molecule has 1 aromatic rings. The van der Waals surface area contributed by atoms with Gasteiger partial charge in [0.2, 0.25) is 0 Å². The first kappa shape index (κ1) is 17.5. The molecule has 0 bridgehead atoms. The van der Waals surface area contributed by atoms with Crippen molar-refractivity contribution < 1.29 is 23.5 Å². The molecule has 0 heterocycles. The molecular formula is C11H17N2O5S-. The van der Waals surface area contributed by atoms with Crippen LogP contribution in [0.2, 0.25) is 0 Å². The fraction of sp³-hybridized carbons (Fsp3) is 0.364. The molecule has 1 amide bonds. The number of methoxy groups -OCH3 is 1. The lowest BCUT2D eigenvalue weighted by Crippen LogP contribution is -2.21. The lowest BCUT2D eigenvalue weighted by molar-refractivity contribution is 0.0827. The Morgan fingerprint density at radius 1 is 1.47 bits per heavy atom. The molecule has 0 aliphatic rings. The Morgan fingerprint density at radius 2 is 2.00 bits per heavy atom. The Labute approximate surface area is 114 Å². The molecule has 0 saturated carbocycles. The van der Waals surface area contributed by atoms with Crippen LogP contribution in [-0.2, 0) is 11.1 Å². The average Bonchev–Trinajstić information content (AvgIpc) is 2.37. The van der Waals surface area contributed by atoms with Crippen LogP contribution in [0.15, 0.2) is 23.1 Å². The van der Waals surface area contributed by atoms with Crippen LogP contribution in [0.25, 0.3) is 0 Å². The molecule has 0 aliphatic heterocycles. The molecule has 0 aromatic heterocycles. The number of benzene rings is 1. The molecular weight excluding hydrogens is 272 g/mol. The Bertz CT molecular complexity index is 451. The zero-order valence-electron chi connectivity index (χ0n) is 11.2. The van der Waals surface area contributed by atoms with Crippen LogP contribution in [-0.4, -0.2) is 53.0 Å². The van der Waals surface area contributed by atoms with E-state index in [2.05, 4.69) is 0 Å². The van der Waals surface area contributed by atoms with Crippen LogP contribution in [0.1, 0.15) is 10.4 Å². The van der Waals surface area contributed by atoms with Gasteiger partial charge in [-0.3, -0.25) is 9.00 Å². The number of carbonyl (C=O) groups excluding carboxylic acids is 1. The number of rotatable bonds is 3. The minimum Gasteiger partial charge on any atom is -0.768 e. The van der Waals surface area contributed by atoms with Gasteiger partial charge in [0.05, 0.1) is 12.0 Å². The maximum atomic E-state index is 11.6. The van der Waals surface area contributed by atoms with Crippen LogP contribution in [0.5, 0.6) is 5.75 Å². The van der Waals surface area contributed by atoms with E-state index in [0.717, 1.165) is 0 Å². The summed E-state index contributed by atoms with van der Waals surface area (Å²) in [7, 11) is 6.00. The molecule has 0 spiro atoms. The molecule has 0 fully saturated rings. The van der Waals surface area contributed by atoms with Crippen LogP contribution in [0.4, 0.5) is 0 Å². The number of amides is 1. The fourth-order valence-electron chi connectivity index (χ4n) is 1.20. The molecule has 2 N–H and O–H groups in total. The van der Waals surface area contributed by atoms with Crippen molar-refractivity contribution in [3.63, 3.8) is 0 Å². The molecule has 0 radical (unpaired) electrons. The lowest BCUT2D eigenvalue weighted by Gasteiger charge is -2.14. The van der Waals surface area contributed by atoms with E-state index in [0.29, 0.717) is 5.56 Å². The quantitative estimate of drug-likeness (QED) is 0.610. The highest BCUT2D eigenvalue weighted by atomic mass is 32.2. The molecule has 108 valence electrons. The van der Waals surface area contributed by atoms with E-state index in [1.54, 1.807) is 19.6 Å². The number of carbonyl (C=O) groups is 1. The Hall–Kier alpha value is -1.48. The summed E-state index contributed by atoms with van der Waals surface area (Å²) in [5.41, 5.74) is 2.06. The van der Waals surface area contributed by atoms with Crippen molar-refractivity contribution in [3.8, 4) is 5.75 Å². The molecule has 1 aromatic carbocycles. The van der Waals surface area contributed by atoms with Gasteiger partial charge >= 0.3 is 0 Å². The predicted octanol–water partition coefficient (Wildman–Crippen LogP) is 0.230. The van der Waals surface area contributed by atoms with E-state index in [4.69, 9.17) is 9.94 Å². The van der Waals surface area contributed by atoms with Gasteiger partial charge in [-0.25, -0.2) is 5.48 Å². The highest BCUT2D eigenvalue weighted by Crippen LogP contribution is 2.23. The first-order chi connectivity index (χ1) is 8.88. The van der Waals surface area contributed by atoms with Gasteiger partial charge in [-0.05, 0) is 29.3 Å². The summed E-state index contributed by atoms with van der Waals surface area (Å²) >= 11 is -2.43. The standard InChI is InChI=1S/C10H13NO4S.CH5NO/c1-11(2)10(12)7-4-5-8(15-3)9(6-7)16(13)14;1-2-3/h4-6H,1-3H3,(H,13,14);2-3H,1H3/p-1. The van der Waals surface area contributed by atoms with E-state index in [1.165, 1.54) is 37.3 Å². The number of nitrogens with zero attached hydrogens (tertiary/aromatic N) is 1. The van der Waals surface area contributed by atoms with E-state index >= 15 is 0 Å². The largest absolute Gasteiger partial charge is 0.768 e. The number of nitrogens with one attached hydrogen (secondary N) is 1. The van der Waals surface area contributed by atoms with E-state index < -0.39 is 11.1 Å². The maximum absolute atomic E-state index is 11.6. The summed E-state index contributed by atoms with van der Waals surface area (Å²) < 4.78 is 26.7. The second kappa shape index (κ2) is 8.59. The van der Waals surface area contributed by atoms with Crippen molar-refractivity contribution in [2.75, 3.05) is 28.3 Å². The smallest absolute Gasteiger partial charge is 0.253 e. The maximum Gasteiger partial charge on any atom is 0.253 e. The second-order valence-electron chi connectivity index (χ2n) is 3.52. The van der Waals surface area contributed by atoms with Gasteiger partial charge in [-0.2, -0.15) is 0 Å². The van der Waals surface area contributed by atoms with Gasteiger partial charge < -0.3 is 19.4 Å². The van der Waals surface area contributed by atoms with Crippen LogP contribution < -0.4 is 10.2 Å². The SMILES string of the molecule is CNO.COc1ccc(C(=O)N(C)C)cc1S(=O)[O-]. The number of hydrogen-bond acceptors (Lipinski definition) is 6. The fourth-order valence-corrected chi connectivity index (χ4v) is 1.74. The minimum atomic E-state index is -2.43. The first-order valence-corrected chi connectivity index (χ1v) is 6.26. The van der Waals surface area contributed by atoms with Gasteiger partial charge in [0.15, 0.2) is 0 Å². The average molecular weight is 289 g/mol. The summed E-state index contributed by atoms with van der Waals surface area (Å²) in [5.74, 6) is -0.0296. The predicted molar refractivity (Wildman–Crippen MR) is 69.0 cm³/mol. The summed E-state index contributed by atoms with van der Waals surface area (Å²) in [6.07, 6.45) is 0. The normalized spacial score (nSPS) is 11.1. The van der Waals surface area contributed by atoms with E-state index in [9.17, 15) is 13.6 Å². The van der Waals surface area contributed by atoms with E-state index in [-0.39, 0.29) is 16.6 Å². The third kappa shape index (κ3) is 5.35. The monoisotopic (exact) mass is 289 g/mol. The topological polar surface area (TPSA) is 102 Å². The molecule has 0 aliphatic carbocycles.